The number of esters is 1. The largest absolute Gasteiger partial charge is 0.469 e. The van der Waals surface area contributed by atoms with Crippen LogP contribution in [0.15, 0.2) is 54.6 Å². The molecule has 2 aromatic carbocycles. The van der Waals surface area contributed by atoms with Crippen molar-refractivity contribution < 1.29 is 23.8 Å². The Morgan fingerprint density at radius 2 is 1.86 bits per heavy atom. The molecule has 3 rings (SSSR count). The van der Waals surface area contributed by atoms with Crippen molar-refractivity contribution in [3.05, 3.63) is 71.6 Å². The lowest BCUT2D eigenvalue weighted by Crippen LogP contribution is -2.32. The predicted octanol–water partition coefficient (Wildman–Crippen LogP) is 3.40. The molecule has 0 unspecified atom stereocenters. The van der Waals surface area contributed by atoms with E-state index in [4.69, 9.17) is 20.8 Å². The van der Waals surface area contributed by atoms with E-state index in [0.29, 0.717) is 24.5 Å². The second kappa shape index (κ2) is 9.60. The molecule has 0 aliphatic carbocycles. The van der Waals surface area contributed by atoms with Gasteiger partial charge >= 0.3 is 18.8 Å². The van der Waals surface area contributed by atoms with Crippen molar-refractivity contribution >= 4 is 12.1 Å². The highest BCUT2D eigenvalue weighted by atomic mass is 16.6. The lowest BCUT2D eigenvalue weighted by Gasteiger charge is -2.16. The SMILES string of the molecule is [C-]#[N+]COc1cccc(C[C@@H]2CN(C(=O)Oc3ccccc3)C[C@@H]2C(=O)OC)c1. The van der Waals surface area contributed by atoms with Gasteiger partial charge in [-0.25, -0.2) is 11.4 Å². The van der Waals surface area contributed by atoms with Gasteiger partial charge in [0.2, 0.25) is 0 Å². The fourth-order valence-corrected chi connectivity index (χ4v) is 3.47. The van der Waals surface area contributed by atoms with Crippen LogP contribution >= 0.6 is 0 Å². The van der Waals surface area contributed by atoms with E-state index < -0.39 is 12.0 Å². The van der Waals surface area contributed by atoms with Gasteiger partial charge in [0.1, 0.15) is 11.5 Å². The number of hydrogen-bond donors (Lipinski definition) is 0. The number of rotatable bonds is 6. The Morgan fingerprint density at radius 1 is 1.10 bits per heavy atom. The Hall–Kier alpha value is -3.53. The third-order valence-electron chi connectivity index (χ3n) is 4.84. The summed E-state index contributed by atoms with van der Waals surface area (Å²) in [5.74, 6) is 0.176. The summed E-state index contributed by atoms with van der Waals surface area (Å²) >= 11 is 0. The van der Waals surface area contributed by atoms with Gasteiger partial charge in [0.15, 0.2) is 0 Å². The Labute approximate surface area is 169 Å². The average molecular weight is 394 g/mol. The van der Waals surface area contributed by atoms with Crippen LogP contribution in [0.2, 0.25) is 0 Å². The average Bonchev–Trinajstić information content (AvgIpc) is 3.16. The van der Waals surface area contributed by atoms with Crippen LogP contribution in [0.25, 0.3) is 4.85 Å². The zero-order valence-corrected chi connectivity index (χ0v) is 16.1. The number of nitrogens with zero attached hydrogens (tertiary/aromatic N) is 2. The summed E-state index contributed by atoms with van der Waals surface area (Å²) in [6, 6.07) is 16.2. The zero-order valence-electron chi connectivity index (χ0n) is 16.1. The summed E-state index contributed by atoms with van der Waals surface area (Å²) in [4.78, 5) is 29.6. The van der Waals surface area contributed by atoms with E-state index in [1.165, 1.54) is 7.11 Å². The van der Waals surface area contributed by atoms with Crippen LogP contribution in [0.3, 0.4) is 0 Å². The molecule has 29 heavy (non-hydrogen) atoms. The van der Waals surface area contributed by atoms with E-state index in [2.05, 4.69) is 4.85 Å². The Balaban J connectivity index is 1.70. The van der Waals surface area contributed by atoms with Gasteiger partial charge in [-0.05, 0) is 42.2 Å². The van der Waals surface area contributed by atoms with Crippen molar-refractivity contribution in [1.29, 1.82) is 0 Å². The van der Waals surface area contributed by atoms with Crippen molar-refractivity contribution in [1.82, 2.24) is 4.90 Å². The van der Waals surface area contributed by atoms with Gasteiger partial charge in [0, 0.05) is 13.1 Å². The molecule has 1 saturated heterocycles. The number of amides is 1. The highest BCUT2D eigenvalue weighted by Gasteiger charge is 2.41. The molecule has 1 fully saturated rings. The van der Waals surface area contributed by atoms with E-state index in [9.17, 15) is 9.59 Å². The maximum atomic E-state index is 12.5. The first-order valence-corrected chi connectivity index (χ1v) is 9.25. The van der Waals surface area contributed by atoms with Crippen LogP contribution in [-0.4, -0.2) is 43.9 Å². The molecule has 0 saturated carbocycles. The van der Waals surface area contributed by atoms with Gasteiger partial charge in [0.05, 0.1) is 13.0 Å². The van der Waals surface area contributed by atoms with E-state index in [1.54, 1.807) is 35.2 Å². The first-order valence-electron chi connectivity index (χ1n) is 9.25. The minimum Gasteiger partial charge on any atom is -0.469 e. The molecule has 2 atom stereocenters. The molecule has 1 amide bonds. The normalized spacial score (nSPS) is 18.0. The topological polar surface area (TPSA) is 69.4 Å². The third-order valence-corrected chi connectivity index (χ3v) is 4.84. The van der Waals surface area contributed by atoms with Crippen molar-refractivity contribution in [3.8, 4) is 11.5 Å². The van der Waals surface area contributed by atoms with Crippen LogP contribution in [0.5, 0.6) is 11.5 Å². The van der Waals surface area contributed by atoms with Gasteiger partial charge in [-0.15, -0.1) is 0 Å². The second-order valence-corrected chi connectivity index (χ2v) is 6.76. The quantitative estimate of drug-likeness (QED) is 0.555. The molecule has 1 aliphatic rings. The van der Waals surface area contributed by atoms with E-state index in [0.717, 1.165) is 5.56 Å². The van der Waals surface area contributed by atoms with Crippen LogP contribution in [0.4, 0.5) is 4.79 Å². The maximum absolute atomic E-state index is 12.5. The Kier molecular flexibility index (Phi) is 6.69. The number of para-hydroxylation sites is 1. The van der Waals surface area contributed by atoms with Gasteiger partial charge in [-0.3, -0.25) is 9.64 Å². The summed E-state index contributed by atoms with van der Waals surface area (Å²) in [5.41, 5.74) is 0.963. The maximum Gasteiger partial charge on any atom is 0.415 e. The number of methoxy groups -OCH3 is 1. The molecule has 0 bridgehead atoms. The van der Waals surface area contributed by atoms with Gasteiger partial charge < -0.3 is 19.1 Å². The lowest BCUT2D eigenvalue weighted by atomic mass is 9.89. The minimum absolute atomic E-state index is 0.0449. The molecular formula is C22H22N2O5. The van der Waals surface area contributed by atoms with Crippen LogP contribution < -0.4 is 9.47 Å². The standard InChI is InChI=1S/C22H22N2O5/c1-23-15-28-19-10-6-7-16(12-19)11-17-13-24(14-20(17)21(25)27-2)22(26)29-18-8-4-3-5-9-18/h3-10,12,17,20H,11,13-15H2,2H3/t17-,20+/m1/s1. The summed E-state index contributed by atoms with van der Waals surface area (Å²) < 4.78 is 15.7. The van der Waals surface area contributed by atoms with E-state index in [1.807, 2.05) is 24.3 Å². The second-order valence-electron chi connectivity index (χ2n) is 6.76. The summed E-state index contributed by atoms with van der Waals surface area (Å²) in [6.07, 6.45) is 0.0890. The van der Waals surface area contributed by atoms with Crippen molar-refractivity contribution in [2.75, 3.05) is 26.9 Å². The fraction of sp³-hybridized carbons (Fsp3) is 0.318. The molecule has 7 heteroatoms. The Morgan fingerprint density at radius 3 is 2.59 bits per heavy atom. The minimum atomic E-state index is -0.484. The van der Waals surface area contributed by atoms with Gasteiger partial charge in [-0.1, -0.05) is 30.3 Å². The van der Waals surface area contributed by atoms with Crippen LogP contribution in [-0.2, 0) is 16.0 Å². The Bertz CT molecular complexity index is 894. The molecule has 0 spiro atoms. The molecule has 1 heterocycles. The molecular weight excluding hydrogens is 372 g/mol. The summed E-state index contributed by atoms with van der Waals surface area (Å²) in [5, 5.41) is 0. The third kappa shape index (κ3) is 5.26. The number of carbonyl (C=O) groups excluding carboxylic acids is 2. The van der Waals surface area contributed by atoms with E-state index >= 15 is 0 Å². The molecule has 0 N–H and O–H groups in total. The number of ether oxygens (including phenoxy) is 3. The lowest BCUT2D eigenvalue weighted by molar-refractivity contribution is -0.146. The first-order chi connectivity index (χ1) is 14.1. The zero-order chi connectivity index (χ0) is 20.6. The number of carbonyl (C=O) groups is 2. The predicted molar refractivity (Wildman–Crippen MR) is 105 cm³/mol. The summed E-state index contributed by atoms with van der Waals surface area (Å²) in [6.45, 7) is 7.41. The van der Waals surface area contributed by atoms with E-state index in [-0.39, 0.29) is 25.2 Å². The molecule has 1 aliphatic heterocycles. The number of benzene rings is 2. The van der Waals surface area contributed by atoms with Crippen molar-refractivity contribution in [2.24, 2.45) is 11.8 Å². The van der Waals surface area contributed by atoms with Gasteiger partial charge in [0.25, 0.3) is 0 Å². The fourth-order valence-electron chi connectivity index (χ4n) is 3.47. The van der Waals surface area contributed by atoms with Crippen LogP contribution in [0, 0.1) is 18.4 Å². The monoisotopic (exact) mass is 394 g/mol. The van der Waals surface area contributed by atoms with Gasteiger partial charge in [-0.2, -0.15) is 0 Å². The van der Waals surface area contributed by atoms with Crippen molar-refractivity contribution in [2.45, 2.75) is 6.42 Å². The molecule has 2 aromatic rings. The van der Waals surface area contributed by atoms with Crippen LogP contribution in [0.1, 0.15) is 5.56 Å². The highest BCUT2D eigenvalue weighted by Crippen LogP contribution is 2.29. The van der Waals surface area contributed by atoms with Crippen molar-refractivity contribution in [3.63, 3.8) is 0 Å². The number of likely N-dealkylation sites (tertiary alicyclic amines) is 1. The molecule has 0 aromatic heterocycles. The smallest absolute Gasteiger partial charge is 0.415 e. The first kappa shape index (κ1) is 20.2. The molecule has 7 nitrogen and oxygen atoms in total. The molecule has 150 valence electrons. The summed E-state index contributed by atoms with van der Waals surface area (Å²) in [7, 11) is 1.35. The highest BCUT2D eigenvalue weighted by molar-refractivity contribution is 5.77. The molecule has 0 radical (unpaired) electrons. The number of hydrogen-bond acceptors (Lipinski definition) is 5.